The number of esters is 1. The molecule has 1 amide bonds. The molecule has 1 aromatic carbocycles. The average Bonchev–Trinajstić information content (AvgIpc) is 3.44. The number of aromatic nitrogens is 1. The molecule has 0 saturated heterocycles. The lowest BCUT2D eigenvalue weighted by atomic mass is 9.92. The van der Waals surface area contributed by atoms with Crippen LogP contribution in [0.5, 0.6) is 0 Å². The molecule has 1 aliphatic carbocycles. The summed E-state index contributed by atoms with van der Waals surface area (Å²) in [5.41, 5.74) is 2.18. The lowest BCUT2D eigenvalue weighted by Crippen LogP contribution is -2.21. The predicted molar refractivity (Wildman–Crippen MR) is 122 cm³/mol. The first-order valence-electron chi connectivity index (χ1n) is 9.90. The van der Waals surface area contributed by atoms with Gasteiger partial charge in [-0.1, -0.05) is 30.3 Å². The number of thiazole rings is 1. The van der Waals surface area contributed by atoms with Crippen LogP contribution < -0.4 is 5.32 Å². The van der Waals surface area contributed by atoms with Crippen LogP contribution in [0.3, 0.4) is 0 Å². The van der Waals surface area contributed by atoms with Crippen molar-refractivity contribution in [3.8, 4) is 0 Å². The molecular formula is C23H20N2O4S2. The van der Waals surface area contributed by atoms with E-state index in [9.17, 15) is 14.4 Å². The normalized spacial score (nSPS) is 13.0. The van der Waals surface area contributed by atoms with Crippen LogP contribution in [-0.2, 0) is 27.2 Å². The van der Waals surface area contributed by atoms with Gasteiger partial charge in [0, 0.05) is 28.1 Å². The average molecular weight is 453 g/mol. The van der Waals surface area contributed by atoms with E-state index in [0.29, 0.717) is 21.1 Å². The number of fused-ring (bicyclic) bond motifs is 1. The lowest BCUT2D eigenvalue weighted by Gasteiger charge is -2.12. The number of anilines is 1. The molecule has 0 aliphatic heterocycles. The van der Waals surface area contributed by atoms with Gasteiger partial charge in [-0.2, -0.15) is 0 Å². The first-order chi connectivity index (χ1) is 15.1. The fraction of sp³-hybridized carbons (Fsp3) is 0.217. The van der Waals surface area contributed by atoms with Crippen LogP contribution in [0.1, 0.15) is 44.2 Å². The van der Waals surface area contributed by atoms with Gasteiger partial charge >= 0.3 is 5.97 Å². The Kier molecular flexibility index (Phi) is 6.69. The number of benzene rings is 1. The first kappa shape index (κ1) is 21.1. The van der Waals surface area contributed by atoms with Gasteiger partial charge in [0.25, 0.3) is 5.91 Å². The molecule has 0 spiro atoms. The summed E-state index contributed by atoms with van der Waals surface area (Å²) in [7, 11) is 0. The lowest BCUT2D eigenvalue weighted by molar-refractivity contribution is -0.142. The second kappa shape index (κ2) is 9.80. The highest BCUT2D eigenvalue weighted by molar-refractivity contribution is 7.17. The van der Waals surface area contributed by atoms with Crippen molar-refractivity contribution >= 4 is 51.4 Å². The van der Waals surface area contributed by atoms with Crippen LogP contribution in [0.4, 0.5) is 5.00 Å². The van der Waals surface area contributed by atoms with Crippen LogP contribution in [0.2, 0.25) is 0 Å². The fourth-order valence-corrected chi connectivity index (χ4v) is 5.26. The van der Waals surface area contributed by atoms with Crippen molar-refractivity contribution in [3.63, 3.8) is 0 Å². The molecule has 31 heavy (non-hydrogen) atoms. The molecule has 158 valence electrons. The van der Waals surface area contributed by atoms with Gasteiger partial charge in [0.15, 0.2) is 12.4 Å². The summed E-state index contributed by atoms with van der Waals surface area (Å²) in [5, 5.41) is 5.79. The zero-order valence-electron chi connectivity index (χ0n) is 16.6. The van der Waals surface area contributed by atoms with Crippen molar-refractivity contribution in [3.05, 3.63) is 74.6 Å². The largest absolute Gasteiger partial charge is 0.452 e. The van der Waals surface area contributed by atoms with E-state index in [1.807, 2.05) is 18.2 Å². The van der Waals surface area contributed by atoms with Crippen molar-refractivity contribution in [1.29, 1.82) is 0 Å². The highest BCUT2D eigenvalue weighted by atomic mass is 32.1. The van der Waals surface area contributed by atoms with Gasteiger partial charge in [0.05, 0.1) is 5.56 Å². The maximum atomic E-state index is 13.2. The predicted octanol–water partition coefficient (Wildman–Crippen LogP) is 4.51. The molecule has 6 nitrogen and oxygen atoms in total. The van der Waals surface area contributed by atoms with Crippen LogP contribution in [0, 0.1) is 0 Å². The van der Waals surface area contributed by atoms with Gasteiger partial charge < -0.3 is 10.1 Å². The maximum Gasteiger partial charge on any atom is 0.331 e. The molecule has 2 aromatic heterocycles. The molecule has 2 heterocycles. The van der Waals surface area contributed by atoms with Gasteiger partial charge in [-0.25, -0.2) is 9.78 Å². The Morgan fingerprint density at radius 2 is 1.94 bits per heavy atom. The van der Waals surface area contributed by atoms with Crippen molar-refractivity contribution in [2.75, 3.05) is 11.9 Å². The number of ether oxygens (including phenoxy) is 1. The molecule has 0 fully saturated rings. The molecule has 4 rings (SSSR count). The third-order valence-electron chi connectivity index (χ3n) is 4.85. The Morgan fingerprint density at radius 3 is 2.71 bits per heavy atom. The van der Waals surface area contributed by atoms with Gasteiger partial charge in [0.1, 0.15) is 10.0 Å². The number of nitrogens with one attached hydrogen (secondary N) is 1. The van der Waals surface area contributed by atoms with E-state index in [2.05, 4.69) is 10.3 Å². The SMILES string of the molecule is O=C(COC(=O)C=Cc1nccs1)Nc1sc2c(c1C(=O)c1ccccc1)CCCC2. The van der Waals surface area contributed by atoms with Crippen LogP contribution in [-0.4, -0.2) is 29.3 Å². The minimum atomic E-state index is -0.628. The number of aryl methyl sites for hydroxylation is 1. The topological polar surface area (TPSA) is 85.4 Å². The Balaban J connectivity index is 1.46. The minimum Gasteiger partial charge on any atom is -0.452 e. The third kappa shape index (κ3) is 5.15. The van der Waals surface area contributed by atoms with Crippen molar-refractivity contribution in [2.24, 2.45) is 0 Å². The standard InChI is InChI=1S/C23H20N2O4S2/c26-18(14-29-20(27)11-10-19-24-12-13-30-19)25-23-21(16-8-4-5-9-17(16)31-23)22(28)15-6-2-1-3-7-15/h1-3,6-7,10-13H,4-5,8-9,14H2,(H,25,26). The summed E-state index contributed by atoms with van der Waals surface area (Å²) < 4.78 is 5.02. The smallest absolute Gasteiger partial charge is 0.331 e. The highest BCUT2D eigenvalue weighted by Crippen LogP contribution is 2.39. The summed E-state index contributed by atoms with van der Waals surface area (Å²) >= 11 is 2.83. The first-order valence-corrected chi connectivity index (χ1v) is 11.6. The van der Waals surface area contributed by atoms with Crippen molar-refractivity contribution in [2.45, 2.75) is 25.7 Å². The Bertz CT molecular complexity index is 1120. The fourth-order valence-electron chi connectivity index (χ4n) is 3.43. The van der Waals surface area contributed by atoms with E-state index in [1.54, 1.807) is 23.7 Å². The quantitative estimate of drug-likeness (QED) is 0.324. The summed E-state index contributed by atoms with van der Waals surface area (Å²) in [6.07, 6.45) is 8.24. The number of thiophene rings is 1. The van der Waals surface area contributed by atoms with E-state index >= 15 is 0 Å². The van der Waals surface area contributed by atoms with E-state index in [-0.39, 0.29) is 5.78 Å². The number of hydrogen-bond acceptors (Lipinski definition) is 7. The second-order valence-corrected chi connectivity index (χ2v) is 9.00. The Hall–Kier alpha value is -3.10. The molecule has 0 radical (unpaired) electrons. The van der Waals surface area contributed by atoms with Crippen LogP contribution >= 0.6 is 22.7 Å². The molecule has 0 unspecified atom stereocenters. The Morgan fingerprint density at radius 1 is 1.13 bits per heavy atom. The number of rotatable bonds is 7. The van der Waals surface area contributed by atoms with Gasteiger partial charge in [-0.05, 0) is 37.3 Å². The third-order valence-corrected chi connectivity index (χ3v) is 6.79. The summed E-state index contributed by atoms with van der Waals surface area (Å²) in [6, 6.07) is 9.06. The van der Waals surface area contributed by atoms with Gasteiger partial charge in [0.2, 0.25) is 0 Å². The highest BCUT2D eigenvalue weighted by Gasteiger charge is 2.27. The second-order valence-electron chi connectivity index (χ2n) is 6.97. The van der Waals surface area contributed by atoms with Gasteiger partial charge in [-0.3, -0.25) is 9.59 Å². The van der Waals surface area contributed by atoms with Crippen molar-refractivity contribution < 1.29 is 19.1 Å². The number of hydrogen-bond donors (Lipinski definition) is 1. The van der Waals surface area contributed by atoms with E-state index < -0.39 is 18.5 Å². The number of carbonyl (C=O) groups excluding carboxylic acids is 3. The molecule has 0 bridgehead atoms. The molecule has 0 atom stereocenters. The Labute approximate surface area is 187 Å². The van der Waals surface area contributed by atoms with E-state index in [4.69, 9.17) is 4.74 Å². The molecule has 8 heteroatoms. The van der Waals surface area contributed by atoms with Gasteiger partial charge in [-0.15, -0.1) is 22.7 Å². The molecular weight excluding hydrogens is 432 g/mol. The minimum absolute atomic E-state index is 0.0984. The van der Waals surface area contributed by atoms with Crippen LogP contribution in [0.25, 0.3) is 6.08 Å². The number of carbonyl (C=O) groups is 3. The molecule has 1 N–H and O–H groups in total. The number of ketones is 1. The van der Waals surface area contributed by atoms with E-state index in [1.165, 1.54) is 34.8 Å². The molecule has 3 aromatic rings. The molecule has 1 aliphatic rings. The van der Waals surface area contributed by atoms with E-state index in [0.717, 1.165) is 36.1 Å². The summed E-state index contributed by atoms with van der Waals surface area (Å²) in [6.45, 7) is -0.428. The van der Waals surface area contributed by atoms with Crippen LogP contribution in [0.15, 0.2) is 48.0 Å². The maximum absolute atomic E-state index is 13.2. The number of amides is 1. The monoisotopic (exact) mass is 452 g/mol. The molecule has 0 saturated carbocycles. The summed E-state index contributed by atoms with van der Waals surface area (Å²) in [4.78, 5) is 42.7. The summed E-state index contributed by atoms with van der Waals surface area (Å²) in [5.74, 6) is -1.20. The zero-order chi connectivity index (χ0) is 21.6. The van der Waals surface area contributed by atoms with Crippen molar-refractivity contribution in [1.82, 2.24) is 4.98 Å². The zero-order valence-corrected chi connectivity index (χ0v) is 18.3. The number of nitrogens with zero attached hydrogens (tertiary/aromatic N) is 1.